The third-order valence-electron chi connectivity index (χ3n) is 8.29. The van der Waals surface area contributed by atoms with E-state index < -0.39 is 36.2 Å². The average Bonchev–Trinajstić information content (AvgIpc) is 3.06. The molecule has 4 rings (SSSR count). The summed E-state index contributed by atoms with van der Waals surface area (Å²) < 4.78 is 32.1. The van der Waals surface area contributed by atoms with E-state index in [1.807, 2.05) is 26.0 Å². The summed E-state index contributed by atoms with van der Waals surface area (Å²) in [6.45, 7) is 10.3. The third-order valence-corrected chi connectivity index (χ3v) is 8.29. The monoisotopic (exact) mass is 727 g/mol. The number of phenolic OH excluding ortho intramolecular Hbond substituents is 2. The Morgan fingerprint density at radius 3 is 2.21 bits per heavy atom. The second kappa shape index (κ2) is 18.2. The summed E-state index contributed by atoms with van der Waals surface area (Å²) in [5.74, 6) is -3.44. The van der Waals surface area contributed by atoms with E-state index in [1.54, 1.807) is 54.6 Å². The molecule has 3 aromatic carbocycles. The molecule has 1 saturated heterocycles. The molecule has 1 heterocycles. The van der Waals surface area contributed by atoms with E-state index in [1.165, 1.54) is 17.0 Å². The van der Waals surface area contributed by atoms with Crippen LogP contribution in [0.3, 0.4) is 0 Å². The van der Waals surface area contributed by atoms with Crippen molar-refractivity contribution in [2.75, 3.05) is 25.0 Å². The number of benzene rings is 3. The molecule has 12 nitrogen and oxygen atoms in total. The SMILES string of the molecule is C=CC[N+]1(Cc2cccc(O)c2)CCC[C@H](N(C(=O)Nc2ccc(C(=O)NC(C)C)cc2)C(=O)[C@@H](N)Cc2ccc(O)cc2)C1.O=C([O-])C(F)(F)F. The van der Waals surface area contributed by atoms with Crippen molar-refractivity contribution in [1.29, 1.82) is 0 Å². The Morgan fingerprint density at radius 2 is 1.65 bits per heavy atom. The Hall–Kier alpha value is -5.41. The lowest BCUT2D eigenvalue weighted by molar-refractivity contribution is -0.941. The molecular formula is C37H44F3N5O7. The summed E-state index contributed by atoms with van der Waals surface area (Å²) in [6, 6.07) is 18.0. The van der Waals surface area contributed by atoms with Gasteiger partial charge in [-0.15, -0.1) is 0 Å². The number of urea groups is 1. The maximum absolute atomic E-state index is 14.0. The normalized spacial score (nSPS) is 17.6. The average molecular weight is 728 g/mol. The van der Waals surface area contributed by atoms with E-state index in [-0.39, 0.29) is 29.9 Å². The first-order valence-corrected chi connectivity index (χ1v) is 16.5. The lowest BCUT2D eigenvalue weighted by Gasteiger charge is -2.46. The zero-order valence-electron chi connectivity index (χ0n) is 28.9. The van der Waals surface area contributed by atoms with Gasteiger partial charge in [-0.1, -0.05) is 30.8 Å². The van der Waals surface area contributed by atoms with Gasteiger partial charge in [-0.05, 0) is 93.3 Å². The highest BCUT2D eigenvalue weighted by atomic mass is 19.4. The minimum atomic E-state index is -5.19. The highest BCUT2D eigenvalue weighted by molar-refractivity contribution is 6.03. The van der Waals surface area contributed by atoms with Crippen LogP contribution in [0.2, 0.25) is 0 Å². The number of hydrogen-bond acceptors (Lipinski definition) is 8. The van der Waals surface area contributed by atoms with Gasteiger partial charge in [-0.25, -0.2) is 4.79 Å². The molecule has 4 amide bonds. The summed E-state index contributed by atoms with van der Waals surface area (Å²) in [7, 11) is 0. The van der Waals surface area contributed by atoms with Gasteiger partial charge >= 0.3 is 12.2 Å². The second-order valence-corrected chi connectivity index (χ2v) is 12.9. The fourth-order valence-electron chi connectivity index (χ4n) is 6.02. The van der Waals surface area contributed by atoms with Crippen LogP contribution in [-0.2, 0) is 22.6 Å². The molecule has 52 heavy (non-hydrogen) atoms. The number of carboxylic acids is 1. The van der Waals surface area contributed by atoms with Gasteiger partial charge in [0.05, 0.1) is 25.2 Å². The number of rotatable bonds is 11. The number of nitrogens with one attached hydrogen (secondary N) is 2. The van der Waals surface area contributed by atoms with Crippen LogP contribution in [-0.4, -0.2) is 87.3 Å². The highest BCUT2D eigenvalue weighted by Gasteiger charge is 2.42. The minimum Gasteiger partial charge on any atom is -0.542 e. The van der Waals surface area contributed by atoms with Gasteiger partial charge in [0.2, 0.25) is 5.91 Å². The van der Waals surface area contributed by atoms with Crippen LogP contribution in [0.15, 0.2) is 85.5 Å². The first-order chi connectivity index (χ1) is 24.4. The van der Waals surface area contributed by atoms with Crippen LogP contribution in [0.25, 0.3) is 0 Å². The lowest BCUT2D eigenvalue weighted by atomic mass is 9.97. The van der Waals surface area contributed by atoms with Crippen LogP contribution in [0.1, 0.15) is 48.2 Å². The number of halogens is 3. The number of imide groups is 1. The number of nitrogens with two attached hydrogens (primary N) is 1. The quantitative estimate of drug-likeness (QED) is 0.146. The zero-order chi connectivity index (χ0) is 38.6. The number of carbonyl (C=O) groups is 4. The molecule has 6 N–H and O–H groups in total. The van der Waals surface area contributed by atoms with Crippen LogP contribution >= 0.6 is 0 Å². The minimum absolute atomic E-state index is 0.0167. The predicted molar refractivity (Wildman–Crippen MR) is 186 cm³/mol. The fraction of sp³-hybridized carbons (Fsp3) is 0.351. The first kappa shape index (κ1) is 41.0. The highest BCUT2D eigenvalue weighted by Crippen LogP contribution is 2.28. The van der Waals surface area contributed by atoms with Crippen molar-refractivity contribution >= 4 is 29.5 Å². The number of phenols is 2. The number of likely N-dealkylation sites (tertiary alicyclic amines) is 1. The number of piperidine rings is 1. The van der Waals surface area contributed by atoms with E-state index in [0.717, 1.165) is 24.1 Å². The Labute approximate surface area is 299 Å². The summed E-state index contributed by atoms with van der Waals surface area (Å²) in [4.78, 5) is 50.4. The first-order valence-electron chi connectivity index (χ1n) is 16.5. The van der Waals surface area contributed by atoms with Gasteiger partial charge < -0.3 is 41.0 Å². The van der Waals surface area contributed by atoms with Crippen molar-refractivity contribution in [3.63, 3.8) is 0 Å². The number of alkyl halides is 3. The number of nitrogens with zero attached hydrogens (tertiary/aromatic N) is 2. The van der Waals surface area contributed by atoms with Crippen molar-refractivity contribution in [2.24, 2.45) is 5.73 Å². The number of aromatic hydroxyl groups is 2. The molecule has 0 radical (unpaired) electrons. The smallest absolute Gasteiger partial charge is 0.430 e. The fourth-order valence-corrected chi connectivity index (χ4v) is 6.02. The van der Waals surface area contributed by atoms with Crippen molar-refractivity contribution < 1.29 is 52.2 Å². The topological polar surface area (TPSA) is 185 Å². The lowest BCUT2D eigenvalue weighted by Crippen LogP contribution is -2.63. The van der Waals surface area contributed by atoms with Gasteiger partial charge in [-0.2, -0.15) is 13.2 Å². The van der Waals surface area contributed by atoms with Crippen molar-refractivity contribution in [3.05, 3.63) is 102 Å². The van der Waals surface area contributed by atoms with E-state index in [0.29, 0.717) is 41.8 Å². The van der Waals surface area contributed by atoms with Gasteiger partial charge in [0, 0.05) is 22.9 Å². The summed E-state index contributed by atoms with van der Waals surface area (Å²) >= 11 is 0. The summed E-state index contributed by atoms with van der Waals surface area (Å²) in [5.41, 5.74) is 9.06. The largest absolute Gasteiger partial charge is 0.542 e. The van der Waals surface area contributed by atoms with Crippen LogP contribution < -0.4 is 21.5 Å². The molecule has 1 fully saturated rings. The molecule has 3 atom stereocenters. The number of amides is 4. The van der Waals surface area contributed by atoms with Crippen molar-refractivity contribution in [1.82, 2.24) is 10.2 Å². The Balaban J connectivity index is 0.000000944. The number of carbonyl (C=O) groups excluding carboxylic acids is 4. The van der Waals surface area contributed by atoms with Crippen molar-refractivity contribution in [3.8, 4) is 11.5 Å². The van der Waals surface area contributed by atoms with Gasteiger partial charge in [0.15, 0.2) is 0 Å². The molecule has 280 valence electrons. The van der Waals surface area contributed by atoms with Crippen molar-refractivity contribution in [2.45, 2.75) is 64.0 Å². The van der Waals surface area contributed by atoms with Gasteiger partial charge in [0.1, 0.15) is 30.6 Å². The van der Waals surface area contributed by atoms with E-state index in [4.69, 9.17) is 15.6 Å². The maximum Gasteiger partial charge on any atom is 0.430 e. The van der Waals surface area contributed by atoms with Crippen LogP contribution in [0.4, 0.5) is 23.7 Å². The molecule has 15 heteroatoms. The molecule has 0 saturated carbocycles. The number of aliphatic carboxylic acids is 1. The molecule has 0 aromatic heterocycles. The number of carboxylic acid groups (broad SMARTS) is 1. The van der Waals surface area contributed by atoms with E-state index in [2.05, 4.69) is 17.2 Å². The molecular weight excluding hydrogens is 683 g/mol. The molecule has 1 aliphatic rings. The maximum atomic E-state index is 14.0. The number of hydrogen-bond donors (Lipinski definition) is 5. The zero-order valence-corrected chi connectivity index (χ0v) is 28.9. The number of anilines is 1. The molecule has 0 aliphatic carbocycles. The molecule has 1 unspecified atom stereocenters. The van der Waals surface area contributed by atoms with Crippen LogP contribution in [0.5, 0.6) is 11.5 Å². The second-order valence-electron chi connectivity index (χ2n) is 12.9. The van der Waals surface area contributed by atoms with E-state index >= 15 is 0 Å². The summed E-state index contributed by atoms with van der Waals surface area (Å²) in [6.07, 6.45) is -1.78. The van der Waals surface area contributed by atoms with Gasteiger partial charge in [0.25, 0.3) is 5.91 Å². The van der Waals surface area contributed by atoms with Crippen LogP contribution in [0, 0.1) is 0 Å². The molecule has 1 aliphatic heterocycles. The summed E-state index contributed by atoms with van der Waals surface area (Å²) in [5, 5.41) is 34.2. The molecule has 0 spiro atoms. The number of quaternary nitrogens is 1. The third kappa shape index (κ3) is 12.1. The Kier molecular flexibility index (Phi) is 14.3. The standard InChI is InChI=1S/C35H43N5O5.C2HF3O2/c1-4-18-40(22-26-7-5-9-31(42)20-26)19-6-8-29(23-40)39(34(44)32(36)21-25-10-16-30(41)17-11-25)35(45)38-28-14-12-27(13-15-28)33(43)37-24(2)3;3-2(4,5)1(6)7/h4-5,7,9-17,20,24,29,32H,1,6,8,18-19,21-23,36H2,2-3H3,(H3-,37,38,41,42,43,45);(H,6,7)/t29-,32-,40?;/m0./s1. The molecule has 3 aromatic rings. The molecule has 0 bridgehead atoms. The van der Waals surface area contributed by atoms with E-state index in [9.17, 15) is 37.8 Å². The Bertz CT molecular complexity index is 1700. The Morgan fingerprint density at radius 1 is 1.02 bits per heavy atom. The van der Waals surface area contributed by atoms with Gasteiger partial charge in [-0.3, -0.25) is 14.5 Å². The predicted octanol–water partition coefficient (Wildman–Crippen LogP) is 3.83.